The molecule has 1 N–H and O–H groups in total. The van der Waals surface area contributed by atoms with Gasteiger partial charge in [-0.05, 0) is 66.6 Å². The number of benzene rings is 1. The van der Waals surface area contributed by atoms with Crippen LogP contribution in [-0.2, 0) is 16.0 Å². The molecule has 6 nitrogen and oxygen atoms in total. The zero-order valence-corrected chi connectivity index (χ0v) is 22.1. The smallest absolute Gasteiger partial charge is 0.250 e. The van der Waals surface area contributed by atoms with Crippen LogP contribution in [-0.4, -0.2) is 51.3 Å². The number of allylic oxidation sites excluding steroid dienone is 2. The Kier molecular flexibility index (Phi) is 10.2. The van der Waals surface area contributed by atoms with Crippen molar-refractivity contribution < 1.29 is 14.7 Å². The second kappa shape index (κ2) is 13.6. The fourth-order valence-corrected chi connectivity index (χ4v) is 5.05. The summed E-state index contributed by atoms with van der Waals surface area (Å²) >= 11 is 0. The maximum absolute atomic E-state index is 14.1. The van der Waals surface area contributed by atoms with E-state index in [9.17, 15) is 14.7 Å². The van der Waals surface area contributed by atoms with Gasteiger partial charge in [0.05, 0.1) is 0 Å². The minimum Gasteiger partial charge on any atom is -0.508 e. The number of carbonyl (C=O) groups is 2. The molecule has 1 unspecified atom stereocenters. The lowest BCUT2D eigenvalue weighted by molar-refractivity contribution is -0.148. The van der Waals surface area contributed by atoms with Crippen molar-refractivity contribution in [3.05, 3.63) is 96.4 Å². The highest BCUT2D eigenvalue weighted by molar-refractivity contribution is 5.89. The van der Waals surface area contributed by atoms with E-state index in [2.05, 4.69) is 18.1 Å². The molecule has 0 bridgehead atoms. The molecule has 1 fully saturated rings. The number of aryl methyl sites for hydroxylation is 2. The molecular formula is C31H39N3O3. The van der Waals surface area contributed by atoms with Gasteiger partial charge in [-0.2, -0.15) is 0 Å². The highest BCUT2D eigenvalue weighted by Gasteiger charge is 2.38. The number of likely N-dealkylation sites (N-methyl/N-ethyl adjacent to an activating group) is 1. The number of aromatic nitrogens is 1. The molecule has 1 aromatic carbocycles. The first-order valence-corrected chi connectivity index (χ1v) is 13.0. The van der Waals surface area contributed by atoms with Crippen molar-refractivity contribution in [1.82, 2.24) is 14.8 Å². The number of nitrogens with zero attached hydrogens (tertiary/aromatic N) is 3. The van der Waals surface area contributed by atoms with Crippen LogP contribution in [0, 0.1) is 6.92 Å². The quantitative estimate of drug-likeness (QED) is 0.402. The summed E-state index contributed by atoms with van der Waals surface area (Å²) in [5, 5.41) is 9.61. The summed E-state index contributed by atoms with van der Waals surface area (Å²) in [5.74, 6) is 0.0355. The number of hydrogen-bond donors (Lipinski definition) is 1. The average Bonchev–Trinajstić information content (AvgIpc) is 2.91. The van der Waals surface area contributed by atoms with Crippen molar-refractivity contribution >= 4 is 11.8 Å². The van der Waals surface area contributed by atoms with Crippen molar-refractivity contribution in [3.8, 4) is 5.75 Å². The highest BCUT2D eigenvalue weighted by atomic mass is 16.3. The first-order chi connectivity index (χ1) is 17.8. The second-order valence-corrected chi connectivity index (χ2v) is 9.77. The van der Waals surface area contributed by atoms with Crippen LogP contribution in [0.4, 0.5) is 0 Å². The summed E-state index contributed by atoms with van der Waals surface area (Å²) in [4.78, 5) is 35.9. The molecule has 1 aliphatic rings. The third kappa shape index (κ3) is 7.42. The predicted octanol–water partition coefficient (Wildman–Crippen LogP) is 5.69. The molecule has 1 heterocycles. The molecule has 2 aromatic rings. The van der Waals surface area contributed by atoms with Crippen LogP contribution in [0.5, 0.6) is 5.75 Å². The number of phenols is 1. The summed E-state index contributed by atoms with van der Waals surface area (Å²) in [7, 11) is 1.77. The first kappa shape index (κ1) is 27.9. The molecule has 1 saturated carbocycles. The monoisotopic (exact) mass is 501 g/mol. The van der Waals surface area contributed by atoms with E-state index in [1.807, 2.05) is 36.1 Å². The maximum Gasteiger partial charge on any atom is 0.250 e. The van der Waals surface area contributed by atoms with Crippen LogP contribution in [0.3, 0.4) is 0 Å². The Morgan fingerprint density at radius 3 is 2.46 bits per heavy atom. The molecule has 0 saturated heterocycles. The highest BCUT2D eigenvalue weighted by Crippen LogP contribution is 2.34. The number of phenolic OH excluding ortho intramolecular Hbond substituents is 1. The molecule has 1 aromatic heterocycles. The summed E-state index contributed by atoms with van der Waals surface area (Å²) in [6.45, 7) is 9.93. The Balaban J connectivity index is 1.99. The van der Waals surface area contributed by atoms with Gasteiger partial charge in [0, 0.05) is 38.4 Å². The van der Waals surface area contributed by atoms with Gasteiger partial charge in [-0.1, -0.05) is 62.8 Å². The fraction of sp³-hybridized carbons (Fsp3) is 0.387. The van der Waals surface area contributed by atoms with Crippen molar-refractivity contribution in [2.24, 2.45) is 0 Å². The zero-order chi connectivity index (χ0) is 26.8. The molecule has 3 rings (SSSR count). The Labute approximate surface area is 221 Å². The molecule has 0 aliphatic heterocycles. The SMILES string of the molecule is C=C/C=C(\C=C)CN(C)C(=O)C(c1ccncc1C)N(C(=O)CCc1ccc(O)cc1)C1CCCCC1. The minimum absolute atomic E-state index is 0.00132. The number of rotatable bonds is 11. The molecule has 2 amide bonds. The number of amides is 2. The largest absolute Gasteiger partial charge is 0.508 e. The van der Waals surface area contributed by atoms with Gasteiger partial charge in [0.25, 0.3) is 0 Å². The molecule has 37 heavy (non-hydrogen) atoms. The van der Waals surface area contributed by atoms with Crippen LogP contribution < -0.4 is 0 Å². The Bertz CT molecular complexity index is 1120. The summed E-state index contributed by atoms with van der Waals surface area (Å²) in [5.41, 5.74) is 3.54. The van der Waals surface area contributed by atoms with Gasteiger partial charge in [0.2, 0.25) is 11.8 Å². The minimum atomic E-state index is -0.738. The van der Waals surface area contributed by atoms with Gasteiger partial charge >= 0.3 is 0 Å². The molecule has 0 spiro atoms. The van der Waals surface area contributed by atoms with E-state index in [0.29, 0.717) is 13.0 Å². The molecule has 6 heteroatoms. The van der Waals surface area contributed by atoms with Crippen LogP contribution in [0.1, 0.15) is 61.3 Å². The van der Waals surface area contributed by atoms with Gasteiger partial charge in [0.1, 0.15) is 11.8 Å². The van der Waals surface area contributed by atoms with Crippen LogP contribution in [0.25, 0.3) is 0 Å². The molecule has 196 valence electrons. The van der Waals surface area contributed by atoms with Gasteiger partial charge in [-0.15, -0.1) is 0 Å². The third-order valence-corrected chi connectivity index (χ3v) is 7.08. The topological polar surface area (TPSA) is 73.7 Å². The van der Waals surface area contributed by atoms with Crippen molar-refractivity contribution in [2.45, 2.75) is 64.0 Å². The van der Waals surface area contributed by atoms with E-state index < -0.39 is 6.04 Å². The normalized spacial score (nSPS) is 15.0. The maximum atomic E-state index is 14.1. The van der Waals surface area contributed by atoms with E-state index in [1.54, 1.807) is 48.6 Å². The summed E-state index contributed by atoms with van der Waals surface area (Å²) < 4.78 is 0. The Morgan fingerprint density at radius 1 is 1.14 bits per heavy atom. The van der Waals surface area contributed by atoms with Gasteiger partial charge < -0.3 is 14.9 Å². The zero-order valence-electron chi connectivity index (χ0n) is 22.1. The van der Waals surface area contributed by atoms with Crippen molar-refractivity contribution in [1.29, 1.82) is 0 Å². The average molecular weight is 502 g/mol. The van der Waals surface area contributed by atoms with E-state index >= 15 is 0 Å². The number of carbonyl (C=O) groups excluding carboxylic acids is 2. The lowest BCUT2D eigenvalue weighted by Gasteiger charge is -2.41. The number of pyridine rings is 1. The van der Waals surface area contributed by atoms with E-state index in [4.69, 9.17) is 0 Å². The molecule has 0 radical (unpaired) electrons. The number of aromatic hydroxyl groups is 1. The predicted molar refractivity (Wildman–Crippen MR) is 148 cm³/mol. The summed E-state index contributed by atoms with van der Waals surface area (Å²) in [6.07, 6.45) is 14.5. The second-order valence-electron chi connectivity index (χ2n) is 9.77. The third-order valence-electron chi connectivity index (χ3n) is 7.08. The van der Waals surface area contributed by atoms with Crippen molar-refractivity contribution in [3.63, 3.8) is 0 Å². The van der Waals surface area contributed by atoms with Crippen LogP contribution >= 0.6 is 0 Å². The molecular weight excluding hydrogens is 462 g/mol. The van der Waals surface area contributed by atoms with E-state index in [-0.39, 0.29) is 30.0 Å². The Hall–Kier alpha value is -3.67. The van der Waals surface area contributed by atoms with Gasteiger partial charge in [-0.25, -0.2) is 0 Å². The van der Waals surface area contributed by atoms with Gasteiger partial charge in [0.15, 0.2) is 0 Å². The van der Waals surface area contributed by atoms with Crippen molar-refractivity contribution in [2.75, 3.05) is 13.6 Å². The van der Waals surface area contributed by atoms with E-state index in [0.717, 1.165) is 54.4 Å². The standard InChI is InChI=1S/C31H39N3O3/c1-5-10-24(6-2)22-33(4)31(37)30(28-19-20-32-21-23(28)3)34(26-11-8-7-9-12-26)29(36)18-15-25-13-16-27(35)17-14-25/h5-6,10,13-14,16-17,19-21,26,30,35H,1-2,7-9,11-12,15,18,22H2,3-4H3/b24-10+. The lowest BCUT2D eigenvalue weighted by Crippen LogP contribution is -2.50. The Morgan fingerprint density at radius 2 is 1.84 bits per heavy atom. The number of hydrogen-bond acceptors (Lipinski definition) is 4. The lowest BCUT2D eigenvalue weighted by atomic mass is 9.90. The van der Waals surface area contributed by atoms with Gasteiger partial charge in [-0.3, -0.25) is 14.6 Å². The van der Waals surface area contributed by atoms with E-state index in [1.165, 1.54) is 0 Å². The fourth-order valence-electron chi connectivity index (χ4n) is 5.05. The first-order valence-electron chi connectivity index (χ1n) is 13.0. The molecule has 1 aliphatic carbocycles. The summed E-state index contributed by atoms with van der Waals surface area (Å²) in [6, 6.07) is 8.06. The van der Waals surface area contributed by atoms with Crippen LogP contribution in [0.2, 0.25) is 0 Å². The van der Waals surface area contributed by atoms with Crippen LogP contribution in [0.15, 0.2) is 79.7 Å². The molecule has 1 atom stereocenters.